The van der Waals surface area contributed by atoms with Gasteiger partial charge in [0.2, 0.25) is 0 Å². The van der Waals surface area contributed by atoms with Crippen molar-refractivity contribution in [3.8, 4) is 5.75 Å². The number of nitrogens with one attached hydrogen (secondary N) is 1. The first-order valence-corrected chi connectivity index (χ1v) is 7.10. The molecular formula is C16H25NO2. The van der Waals surface area contributed by atoms with Crippen LogP contribution in [0.4, 0.5) is 0 Å². The molecular weight excluding hydrogens is 238 g/mol. The molecule has 0 fully saturated rings. The molecule has 19 heavy (non-hydrogen) atoms. The number of carbonyl (C=O) groups is 1. The zero-order valence-corrected chi connectivity index (χ0v) is 12.2. The van der Waals surface area contributed by atoms with Gasteiger partial charge in [0.25, 0.3) is 0 Å². The van der Waals surface area contributed by atoms with Crippen LogP contribution in [0.5, 0.6) is 5.75 Å². The number of ketones is 1. The van der Waals surface area contributed by atoms with Crippen LogP contribution in [0.15, 0.2) is 24.3 Å². The summed E-state index contributed by atoms with van der Waals surface area (Å²) in [4.78, 5) is 11.5. The fourth-order valence-electron chi connectivity index (χ4n) is 1.72. The Balaban J connectivity index is 2.21. The molecule has 0 heterocycles. The van der Waals surface area contributed by atoms with E-state index in [1.165, 1.54) is 0 Å². The van der Waals surface area contributed by atoms with Gasteiger partial charge in [0.1, 0.15) is 5.75 Å². The van der Waals surface area contributed by atoms with Gasteiger partial charge < -0.3 is 10.1 Å². The maximum absolute atomic E-state index is 11.5. The van der Waals surface area contributed by atoms with Gasteiger partial charge in [-0.3, -0.25) is 4.79 Å². The summed E-state index contributed by atoms with van der Waals surface area (Å²) in [5.74, 6) is 1.69. The van der Waals surface area contributed by atoms with Gasteiger partial charge in [0.05, 0.1) is 6.61 Å². The Morgan fingerprint density at radius 1 is 1.26 bits per heavy atom. The Kier molecular flexibility index (Phi) is 7.19. The van der Waals surface area contributed by atoms with Gasteiger partial charge in [-0.2, -0.15) is 0 Å². The number of hydrogen-bond acceptors (Lipinski definition) is 3. The first kappa shape index (κ1) is 15.7. The Labute approximate surface area is 116 Å². The minimum absolute atomic E-state index is 0.171. The van der Waals surface area contributed by atoms with Crippen LogP contribution in [0.1, 0.15) is 44.0 Å². The fraction of sp³-hybridized carbons (Fsp3) is 0.562. The zero-order valence-electron chi connectivity index (χ0n) is 12.2. The van der Waals surface area contributed by atoms with E-state index in [2.05, 4.69) is 19.2 Å². The quantitative estimate of drug-likeness (QED) is 0.549. The lowest BCUT2D eigenvalue weighted by Crippen LogP contribution is -2.22. The third kappa shape index (κ3) is 6.39. The van der Waals surface area contributed by atoms with Gasteiger partial charge in [-0.1, -0.05) is 20.8 Å². The summed E-state index contributed by atoms with van der Waals surface area (Å²) >= 11 is 0. The highest BCUT2D eigenvalue weighted by molar-refractivity contribution is 5.95. The summed E-state index contributed by atoms with van der Waals surface area (Å²) < 4.78 is 5.63. The molecule has 0 amide bonds. The monoisotopic (exact) mass is 263 g/mol. The fourth-order valence-corrected chi connectivity index (χ4v) is 1.72. The Hall–Kier alpha value is -1.35. The molecule has 1 N–H and O–H groups in total. The van der Waals surface area contributed by atoms with Crippen LogP contribution in [-0.2, 0) is 0 Å². The molecule has 3 nitrogen and oxygen atoms in total. The Morgan fingerprint density at radius 2 is 1.95 bits per heavy atom. The molecule has 0 aromatic heterocycles. The van der Waals surface area contributed by atoms with Crippen molar-refractivity contribution in [2.45, 2.75) is 33.6 Å². The van der Waals surface area contributed by atoms with Crippen molar-refractivity contribution in [1.82, 2.24) is 5.32 Å². The van der Waals surface area contributed by atoms with Crippen LogP contribution in [0, 0.1) is 5.92 Å². The molecule has 0 saturated heterocycles. The van der Waals surface area contributed by atoms with E-state index >= 15 is 0 Å². The first-order chi connectivity index (χ1) is 9.13. The standard InChI is InChI=1S/C16H25NO2/c1-4-16(18)14-6-8-15(9-7-14)19-11-5-10-17-12-13(2)3/h6-9,13,17H,4-5,10-12H2,1-3H3. The number of hydrogen-bond donors (Lipinski definition) is 1. The minimum Gasteiger partial charge on any atom is -0.494 e. The number of benzene rings is 1. The summed E-state index contributed by atoms with van der Waals surface area (Å²) in [6, 6.07) is 7.39. The van der Waals surface area contributed by atoms with Gasteiger partial charge in [-0.05, 0) is 49.7 Å². The molecule has 1 aromatic rings. The molecule has 1 aromatic carbocycles. The molecule has 106 valence electrons. The lowest BCUT2D eigenvalue weighted by atomic mass is 10.1. The second-order valence-corrected chi connectivity index (χ2v) is 5.10. The number of Topliss-reactive ketones (excluding diaryl/α,β-unsaturated/α-hetero) is 1. The smallest absolute Gasteiger partial charge is 0.162 e. The molecule has 0 atom stereocenters. The molecule has 0 spiro atoms. The molecule has 0 aliphatic carbocycles. The highest BCUT2D eigenvalue weighted by Crippen LogP contribution is 2.13. The van der Waals surface area contributed by atoms with E-state index < -0.39 is 0 Å². The average molecular weight is 263 g/mol. The van der Waals surface area contributed by atoms with Crippen LogP contribution in [0.3, 0.4) is 0 Å². The largest absolute Gasteiger partial charge is 0.494 e. The van der Waals surface area contributed by atoms with Crippen molar-refractivity contribution in [1.29, 1.82) is 0 Å². The highest BCUT2D eigenvalue weighted by atomic mass is 16.5. The maximum atomic E-state index is 11.5. The van der Waals surface area contributed by atoms with Crippen LogP contribution < -0.4 is 10.1 Å². The Bertz CT molecular complexity index is 371. The number of rotatable bonds is 9. The van der Waals surface area contributed by atoms with Crippen molar-refractivity contribution in [2.75, 3.05) is 19.7 Å². The summed E-state index contributed by atoms with van der Waals surface area (Å²) in [7, 11) is 0. The number of carbonyl (C=O) groups excluding carboxylic acids is 1. The van der Waals surface area contributed by atoms with Crippen molar-refractivity contribution in [2.24, 2.45) is 5.92 Å². The van der Waals surface area contributed by atoms with Gasteiger partial charge in [0, 0.05) is 12.0 Å². The summed E-state index contributed by atoms with van der Waals surface area (Å²) in [6.07, 6.45) is 1.53. The lowest BCUT2D eigenvalue weighted by Gasteiger charge is -2.09. The second kappa shape index (κ2) is 8.70. The van der Waals surface area contributed by atoms with Crippen LogP contribution in [-0.4, -0.2) is 25.5 Å². The topological polar surface area (TPSA) is 38.3 Å². The van der Waals surface area contributed by atoms with Crippen molar-refractivity contribution < 1.29 is 9.53 Å². The van der Waals surface area contributed by atoms with Crippen molar-refractivity contribution in [3.63, 3.8) is 0 Å². The van der Waals surface area contributed by atoms with E-state index in [9.17, 15) is 4.79 Å². The van der Waals surface area contributed by atoms with E-state index in [0.717, 1.165) is 30.8 Å². The van der Waals surface area contributed by atoms with Crippen molar-refractivity contribution >= 4 is 5.78 Å². The molecule has 0 bridgehead atoms. The van der Waals surface area contributed by atoms with Crippen LogP contribution >= 0.6 is 0 Å². The Morgan fingerprint density at radius 3 is 2.53 bits per heavy atom. The maximum Gasteiger partial charge on any atom is 0.162 e. The van der Waals surface area contributed by atoms with Crippen LogP contribution in [0.25, 0.3) is 0 Å². The molecule has 3 heteroatoms. The predicted octanol–water partition coefficient (Wildman–Crippen LogP) is 3.29. The zero-order chi connectivity index (χ0) is 14.1. The molecule has 1 rings (SSSR count). The SMILES string of the molecule is CCC(=O)c1ccc(OCCCNCC(C)C)cc1. The third-order valence-electron chi connectivity index (χ3n) is 2.82. The minimum atomic E-state index is 0.171. The molecule has 0 saturated carbocycles. The van der Waals surface area contributed by atoms with Gasteiger partial charge in [-0.15, -0.1) is 0 Å². The van der Waals surface area contributed by atoms with E-state index in [1.54, 1.807) is 0 Å². The normalized spacial score (nSPS) is 10.7. The van der Waals surface area contributed by atoms with E-state index in [4.69, 9.17) is 4.74 Å². The molecule has 0 radical (unpaired) electrons. The summed E-state index contributed by atoms with van der Waals surface area (Å²) in [5, 5.41) is 3.38. The van der Waals surface area contributed by atoms with Gasteiger partial charge >= 0.3 is 0 Å². The number of ether oxygens (including phenoxy) is 1. The van der Waals surface area contributed by atoms with Crippen LogP contribution in [0.2, 0.25) is 0 Å². The average Bonchev–Trinajstić information content (AvgIpc) is 2.42. The summed E-state index contributed by atoms with van der Waals surface area (Å²) in [6.45, 7) is 8.99. The van der Waals surface area contributed by atoms with E-state index in [-0.39, 0.29) is 5.78 Å². The summed E-state index contributed by atoms with van der Waals surface area (Å²) in [5.41, 5.74) is 0.758. The molecule has 0 unspecified atom stereocenters. The van der Waals surface area contributed by atoms with E-state index in [1.807, 2.05) is 31.2 Å². The highest BCUT2D eigenvalue weighted by Gasteiger charge is 2.02. The molecule has 0 aliphatic heterocycles. The molecule has 0 aliphatic rings. The first-order valence-electron chi connectivity index (χ1n) is 7.10. The third-order valence-corrected chi connectivity index (χ3v) is 2.82. The van der Waals surface area contributed by atoms with Gasteiger partial charge in [-0.25, -0.2) is 0 Å². The van der Waals surface area contributed by atoms with Gasteiger partial charge in [0.15, 0.2) is 5.78 Å². The van der Waals surface area contributed by atoms with E-state index in [0.29, 0.717) is 18.9 Å². The predicted molar refractivity (Wildman–Crippen MR) is 78.9 cm³/mol. The lowest BCUT2D eigenvalue weighted by molar-refractivity contribution is 0.0988. The van der Waals surface area contributed by atoms with Crippen molar-refractivity contribution in [3.05, 3.63) is 29.8 Å². The second-order valence-electron chi connectivity index (χ2n) is 5.10.